The predicted octanol–water partition coefficient (Wildman–Crippen LogP) is 3.07. The van der Waals surface area contributed by atoms with Gasteiger partial charge in [0.15, 0.2) is 22.6 Å². The monoisotopic (exact) mass is 513 g/mol. The largest absolute Gasteiger partial charge is 0.490 e. The molecular formula is C24H35N9O2S. The van der Waals surface area contributed by atoms with E-state index >= 15 is 0 Å². The van der Waals surface area contributed by atoms with Crippen LogP contribution in [0.4, 0.5) is 23.1 Å². The van der Waals surface area contributed by atoms with Gasteiger partial charge in [-0.15, -0.1) is 0 Å². The van der Waals surface area contributed by atoms with Crippen molar-refractivity contribution in [1.29, 1.82) is 0 Å². The minimum atomic E-state index is 0.590. The lowest BCUT2D eigenvalue weighted by Gasteiger charge is -2.36. The lowest BCUT2D eigenvalue weighted by Crippen LogP contribution is -2.48. The SMILES string of the molecule is CNc1ccc(Sc2nc(Nc3cc(C)[nH]n3)c(OC)c(N3CCN(CCN(C)OC)CC3)n2)cc1. The molecule has 4 rings (SSSR count). The minimum absolute atomic E-state index is 0.590. The molecule has 0 radical (unpaired) electrons. The van der Waals surface area contributed by atoms with Gasteiger partial charge in [-0.3, -0.25) is 10.00 Å². The Kier molecular flexibility index (Phi) is 8.86. The number of nitrogens with zero attached hydrogens (tertiary/aromatic N) is 6. The van der Waals surface area contributed by atoms with Crippen molar-refractivity contribution in [1.82, 2.24) is 30.1 Å². The number of hydroxylamine groups is 2. The average Bonchev–Trinajstić information content (AvgIpc) is 3.32. The standard InChI is InChI=1S/C24H35N9O2S/c1-17-16-20(30-29-17)26-22-21(34-4)23(33-14-12-32(13-15-33)11-10-31(3)35-5)28-24(27-22)36-19-8-6-18(25-2)7-9-19/h6-9,16,25H,10-15H2,1-5H3,(H2,26,27,28,29,30). The van der Waals surface area contributed by atoms with Gasteiger partial charge in [-0.2, -0.15) is 10.2 Å². The maximum atomic E-state index is 5.84. The normalized spacial score (nSPS) is 14.3. The van der Waals surface area contributed by atoms with Crippen molar-refractivity contribution in [3.8, 4) is 5.75 Å². The van der Waals surface area contributed by atoms with E-state index in [1.54, 1.807) is 14.2 Å². The summed E-state index contributed by atoms with van der Waals surface area (Å²) in [6.45, 7) is 7.31. The zero-order valence-electron chi connectivity index (χ0n) is 21.5. The third kappa shape index (κ3) is 6.58. The zero-order chi connectivity index (χ0) is 25.5. The Labute approximate surface area is 216 Å². The third-order valence-electron chi connectivity index (χ3n) is 6.05. The smallest absolute Gasteiger partial charge is 0.204 e. The fourth-order valence-corrected chi connectivity index (χ4v) is 4.66. The quantitative estimate of drug-likeness (QED) is 0.260. The minimum Gasteiger partial charge on any atom is -0.490 e. The van der Waals surface area contributed by atoms with Crippen LogP contribution >= 0.6 is 11.8 Å². The molecule has 0 atom stereocenters. The number of H-pyrrole nitrogens is 1. The van der Waals surface area contributed by atoms with E-state index in [9.17, 15) is 0 Å². The van der Waals surface area contributed by atoms with Crippen molar-refractivity contribution in [2.75, 3.05) is 83.1 Å². The predicted molar refractivity (Wildman–Crippen MR) is 144 cm³/mol. The van der Waals surface area contributed by atoms with Crippen molar-refractivity contribution in [3.63, 3.8) is 0 Å². The molecule has 194 valence electrons. The summed E-state index contributed by atoms with van der Waals surface area (Å²) in [6, 6.07) is 10.1. The average molecular weight is 514 g/mol. The molecule has 3 aromatic rings. The first-order valence-electron chi connectivity index (χ1n) is 11.9. The number of anilines is 4. The molecule has 1 aliphatic heterocycles. The van der Waals surface area contributed by atoms with E-state index in [1.165, 1.54) is 11.8 Å². The van der Waals surface area contributed by atoms with E-state index in [0.717, 1.165) is 61.4 Å². The fraction of sp³-hybridized carbons (Fsp3) is 0.458. The molecule has 0 bridgehead atoms. The topological polar surface area (TPSA) is 107 Å². The van der Waals surface area contributed by atoms with Crippen LogP contribution in [0, 0.1) is 6.92 Å². The Morgan fingerprint density at radius 2 is 1.86 bits per heavy atom. The number of likely N-dealkylation sites (N-methyl/N-ethyl adjacent to an activating group) is 1. The molecule has 0 saturated carbocycles. The summed E-state index contributed by atoms with van der Waals surface area (Å²) in [5.74, 6) is 2.66. The summed E-state index contributed by atoms with van der Waals surface area (Å²) < 4.78 is 5.84. The summed E-state index contributed by atoms with van der Waals surface area (Å²) in [4.78, 5) is 20.8. The van der Waals surface area contributed by atoms with Crippen molar-refractivity contribution in [2.45, 2.75) is 17.0 Å². The molecule has 1 saturated heterocycles. The first-order valence-corrected chi connectivity index (χ1v) is 12.7. The van der Waals surface area contributed by atoms with Crippen molar-refractivity contribution in [2.24, 2.45) is 0 Å². The molecule has 3 heterocycles. The number of benzene rings is 1. The number of methoxy groups -OCH3 is 1. The van der Waals surface area contributed by atoms with E-state index in [0.29, 0.717) is 22.5 Å². The summed E-state index contributed by atoms with van der Waals surface area (Å²) in [6.07, 6.45) is 0. The van der Waals surface area contributed by atoms with Crippen LogP contribution in [0.15, 0.2) is 40.4 Å². The van der Waals surface area contributed by atoms with E-state index in [4.69, 9.17) is 19.5 Å². The highest BCUT2D eigenvalue weighted by Gasteiger charge is 2.25. The first-order chi connectivity index (χ1) is 17.5. The lowest BCUT2D eigenvalue weighted by molar-refractivity contribution is -0.112. The molecule has 36 heavy (non-hydrogen) atoms. The summed E-state index contributed by atoms with van der Waals surface area (Å²) in [5.41, 5.74) is 2.02. The van der Waals surface area contributed by atoms with Gasteiger partial charge in [0.25, 0.3) is 0 Å². The van der Waals surface area contributed by atoms with Gasteiger partial charge in [-0.1, -0.05) is 0 Å². The van der Waals surface area contributed by atoms with E-state index in [-0.39, 0.29) is 0 Å². The molecule has 12 heteroatoms. The van der Waals surface area contributed by atoms with Crippen molar-refractivity contribution >= 4 is 34.9 Å². The molecule has 0 spiro atoms. The molecule has 1 aliphatic rings. The molecule has 11 nitrogen and oxygen atoms in total. The van der Waals surface area contributed by atoms with E-state index in [1.807, 2.05) is 44.3 Å². The Balaban J connectivity index is 1.59. The highest BCUT2D eigenvalue weighted by molar-refractivity contribution is 7.99. The van der Waals surface area contributed by atoms with Crippen LogP contribution in [-0.4, -0.2) is 97.7 Å². The molecule has 2 aromatic heterocycles. The first kappa shape index (κ1) is 26.0. The summed E-state index contributed by atoms with van der Waals surface area (Å²) in [7, 11) is 7.21. The van der Waals surface area contributed by atoms with Crippen LogP contribution < -0.4 is 20.3 Å². The second kappa shape index (κ2) is 12.3. The maximum Gasteiger partial charge on any atom is 0.204 e. The number of nitrogens with one attached hydrogen (secondary N) is 3. The van der Waals surface area contributed by atoms with Crippen LogP contribution in [0.3, 0.4) is 0 Å². The number of aromatic nitrogens is 4. The molecule has 1 fully saturated rings. The Morgan fingerprint density at radius 1 is 1.11 bits per heavy atom. The molecule has 0 amide bonds. The Hall–Kier alpha value is -3.06. The fourth-order valence-electron chi connectivity index (χ4n) is 3.91. The number of aryl methyl sites for hydroxylation is 1. The number of hydrogen-bond donors (Lipinski definition) is 3. The summed E-state index contributed by atoms with van der Waals surface area (Å²) >= 11 is 1.52. The van der Waals surface area contributed by atoms with Gasteiger partial charge in [0.2, 0.25) is 5.75 Å². The molecule has 0 unspecified atom stereocenters. The van der Waals surface area contributed by atoms with Gasteiger partial charge in [0.05, 0.1) is 14.2 Å². The van der Waals surface area contributed by atoms with Crippen LogP contribution in [0.1, 0.15) is 5.69 Å². The van der Waals surface area contributed by atoms with Gasteiger partial charge in [0.1, 0.15) is 0 Å². The zero-order valence-corrected chi connectivity index (χ0v) is 22.4. The maximum absolute atomic E-state index is 5.84. The van der Waals surface area contributed by atoms with Crippen LogP contribution in [-0.2, 0) is 4.84 Å². The number of ether oxygens (including phenoxy) is 1. The molecule has 1 aromatic carbocycles. The number of piperazine rings is 1. The van der Waals surface area contributed by atoms with Gasteiger partial charge in [-0.05, 0) is 43.0 Å². The Morgan fingerprint density at radius 3 is 2.47 bits per heavy atom. The second-order valence-corrected chi connectivity index (χ2v) is 9.55. The van der Waals surface area contributed by atoms with Crippen LogP contribution in [0.2, 0.25) is 0 Å². The highest BCUT2D eigenvalue weighted by Crippen LogP contribution is 2.38. The van der Waals surface area contributed by atoms with Crippen LogP contribution in [0.25, 0.3) is 0 Å². The second-order valence-electron chi connectivity index (χ2n) is 8.51. The van der Waals surface area contributed by atoms with Crippen molar-refractivity contribution in [3.05, 3.63) is 36.0 Å². The highest BCUT2D eigenvalue weighted by atomic mass is 32.2. The molecular weight excluding hydrogens is 478 g/mol. The number of aromatic amines is 1. The van der Waals surface area contributed by atoms with E-state index in [2.05, 4.69) is 42.8 Å². The molecule has 3 N–H and O–H groups in total. The number of hydrogen-bond acceptors (Lipinski definition) is 11. The van der Waals surface area contributed by atoms with Gasteiger partial charge >= 0.3 is 0 Å². The Bertz CT molecular complexity index is 1120. The van der Waals surface area contributed by atoms with Crippen molar-refractivity contribution < 1.29 is 9.57 Å². The summed E-state index contributed by atoms with van der Waals surface area (Å²) in [5, 5.41) is 16.2. The molecule has 0 aliphatic carbocycles. The lowest BCUT2D eigenvalue weighted by atomic mass is 10.3. The van der Waals surface area contributed by atoms with Crippen LogP contribution in [0.5, 0.6) is 5.75 Å². The number of rotatable bonds is 11. The van der Waals surface area contributed by atoms with Gasteiger partial charge in [0, 0.05) is 75.7 Å². The third-order valence-corrected chi connectivity index (χ3v) is 6.92. The van der Waals surface area contributed by atoms with E-state index < -0.39 is 0 Å². The van der Waals surface area contributed by atoms with Gasteiger partial charge < -0.3 is 25.1 Å². The van der Waals surface area contributed by atoms with Gasteiger partial charge in [-0.25, -0.2) is 9.97 Å².